The van der Waals surface area contributed by atoms with Gasteiger partial charge in [0, 0.05) is 24.4 Å². The summed E-state index contributed by atoms with van der Waals surface area (Å²) in [6.45, 7) is 6.26. The average Bonchev–Trinajstić information content (AvgIpc) is 2.90. The van der Waals surface area contributed by atoms with Crippen LogP contribution in [0.4, 0.5) is 0 Å². The maximum atomic E-state index is 11.5. The molecule has 6 rings (SSSR count). The first-order valence-corrected chi connectivity index (χ1v) is 10.9. The molecule has 5 aliphatic carbocycles. The third kappa shape index (κ3) is 1.58. The Kier molecular flexibility index (Phi) is 3.14. The van der Waals surface area contributed by atoms with Crippen molar-refractivity contribution in [3.05, 3.63) is 0 Å². The molecule has 4 nitrogen and oxygen atoms in total. The van der Waals surface area contributed by atoms with E-state index in [0.717, 1.165) is 25.2 Å². The molecular weight excluding hydrogens is 328 g/mol. The molecular formula is C22H34O4. The van der Waals surface area contributed by atoms with Gasteiger partial charge < -0.3 is 19.3 Å². The van der Waals surface area contributed by atoms with E-state index in [1.165, 1.54) is 25.7 Å². The Morgan fingerprint density at radius 1 is 1.00 bits per heavy atom. The second-order valence-corrected chi connectivity index (χ2v) is 10.8. The molecule has 1 saturated heterocycles. The van der Waals surface area contributed by atoms with Crippen LogP contribution in [0.25, 0.3) is 0 Å². The van der Waals surface area contributed by atoms with Crippen molar-refractivity contribution < 1.29 is 19.3 Å². The molecule has 26 heavy (non-hydrogen) atoms. The Morgan fingerprint density at radius 2 is 1.77 bits per heavy atom. The van der Waals surface area contributed by atoms with Gasteiger partial charge in [0.05, 0.1) is 25.4 Å². The van der Waals surface area contributed by atoms with Crippen molar-refractivity contribution in [3.8, 4) is 0 Å². The fourth-order valence-electron chi connectivity index (χ4n) is 9.58. The Bertz CT molecular complexity index is 630. The van der Waals surface area contributed by atoms with Gasteiger partial charge in [0.1, 0.15) is 0 Å². The van der Waals surface area contributed by atoms with Gasteiger partial charge in [-0.05, 0) is 67.6 Å². The second-order valence-electron chi connectivity index (χ2n) is 10.8. The zero-order chi connectivity index (χ0) is 17.9. The molecule has 6 fully saturated rings. The molecule has 2 spiro atoms. The van der Waals surface area contributed by atoms with Crippen LogP contribution in [0.2, 0.25) is 0 Å². The van der Waals surface area contributed by atoms with Crippen LogP contribution in [0.5, 0.6) is 0 Å². The van der Waals surface area contributed by atoms with Crippen molar-refractivity contribution in [2.24, 2.45) is 39.9 Å². The lowest BCUT2D eigenvalue weighted by molar-refractivity contribution is -0.270. The molecule has 0 amide bonds. The monoisotopic (exact) mass is 362 g/mol. The summed E-state index contributed by atoms with van der Waals surface area (Å²) in [6.07, 6.45) is 8.21. The van der Waals surface area contributed by atoms with Crippen LogP contribution in [0.15, 0.2) is 0 Å². The highest BCUT2D eigenvalue weighted by Gasteiger charge is 2.79. The summed E-state index contributed by atoms with van der Waals surface area (Å²) in [6, 6.07) is 0. The van der Waals surface area contributed by atoms with Crippen LogP contribution in [0, 0.1) is 39.9 Å². The second kappa shape index (κ2) is 4.87. The van der Waals surface area contributed by atoms with Crippen molar-refractivity contribution >= 4 is 0 Å². The topological polar surface area (TPSA) is 47.9 Å². The van der Waals surface area contributed by atoms with Gasteiger partial charge in [-0.2, -0.15) is 0 Å². The van der Waals surface area contributed by atoms with Gasteiger partial charge in [-0.25, -0.2) is 0 Å². The standard InChI is InChI=1S/C22H34O4/c1-19-6-4-13-11-21(13,19)17(24-3)10-14-15-5-7-22(25-8-9-26-22)20(15,2)12-16(23)18(14)19/h13-18,23H,4-12H2,1-3H3. The van der Waals surface area contributed by atoms with Crippen molar-refractivity contribution in [1.82, 2.24) is 0 Å². The number of fused-ring (bicyclic) bond motifs is 5. The third-order valence-corrected chi connectivity index (χ3v) is 10.6. The number of ether oxygens (including phenoxy) is 3. The molecule has 1 heterocycles. The predicted octanol–water partition coefficient (Wildman–Crippen LogP) is 3.37. The normalized spacial score (nSPS) is 61.8. The Morgan fingerprint density at radius 3 is 2.46 bits per heavy atom. The Hall–Kier alpha value is -0.160. The largest absolute Gasteiger partial charge is 0.393 e. The number of rotatable bonds is 1. The fraction of sp³-hybridized carbons (Fsp3) is 1.00. The quantitative estimate of drug-likeness (QED) is 0.777. The first-order chi connectivity index (χ1) is 12.4. The van der Waals surface area contributed by atoms with Crippen LogP contribution in [-0.2, 0) is 14.2 Å². The summed E-state index contributed by atoms with van der Waals surface area (Å²) in [5.74, 6) is 1.95. The smallest absolute Gasteiger partial charge is 0.174 e. The van der Waals surface area contributed by atoms with Gasteiger partial charge in [-0.1, -0.05) is 13.8 Å². The van der Waals surface area contributed by atoms with Gasteiger partial charge in [0.25, 0.3) is 0 Å². The molecule has 9 atom stereocenters. The summed E-state index contributed by atoms with van der Waals surface area (Å²) < 4.78 is 18.6. The molecule has 5 saturated carbocycles. The zero-order valence-electron chi connectivity index (χ0n) is 16.5. The van der Waals surface area contributed by atoms with Crippen molar-refractivity contribution in [2.45, 2.75) is 76.8 Å². The van der Waals surface area contributed by atoms with E-state index in [1.807, 2.05) is 7.11 Å². The van der Waals surface area contributed by atoms with Crippen LogP contribution < -0.4 is 0 Å². The number of aliphatic hydroxyl groups excluding tert-OH is 1. The molecule has 4 heteroatoms. The number of hydrogen-bond acceptors (Lipinski definition) is 4. The van der Waals surface area contributed by atoms with E-state index in [9.17, 15) is 5.11 Å². The molecule has 0 aromatic carbocycles. The van der Waals surface area contributed by atoms with Crippen molar-refractivity contribution in [3.63, 3.8) is 0 Å². The number of aliphatic hydroxyl groups is 1. The van der Waals surface area contributed by atoms with Gasteiger partial charge in [0.15, 0.2) is 5.79 Å². The molecule has 6 aliphatic rings. The fourth-order valence-corrected chi connectivity index (χ4v) is 9.58. The minimum atomic E-state index is -0.444. The highest BCUT2D eigenvalue weighted by atomic mass is 16.7. The number of hydrogen-bond donors (Lipinski definition) is 1. The van der Waals surface area contributed by atoms with Crippen LogP contribution >= 0.6 is 0 Å². The lowest BCUT2D eigenvalue weighted by Gasteiger charge is -2.62. The summed E-state index contributed by atoms with van der Waals surface area (Å²) in [4.78, 5) is 0. The lowest BCUT2D eigenvalue weighted by Crippen LogP contribution is -2.63. The maximum absolute atomic E-state index is 11.5. The maximum Gasteiger partial charge on any atom is 0.174 e. The average molecular weight is 363 g/mol. The molecule has 0 aromatic rings. The Balaban J connectivity index is 1.43. The van der Waals surface area contributed by atoms with E-state index in [0.29, 0.717) is 42.5 Å². The van der Waals surface area contributed by atoms with E-state index in [-0.39, 0.29) is 16.9 Å². The van der Waals surface area contributed by atoms with E-state index in [2.05, 4.69) is 13.8 Å². The van der Waals surface area contributed by atoms with Crippen molar-refractivity contribution in [1.29, 1.82) is 0 Å². The summed E-state index contributed by atoms with van der Waals surface area (Å²) in [5, 5.41) is 11.5. The zero-order valence-corrected chi connectivity index (χ0v) is 16.5. The first kappa shape index (κ1) is 16.8. The third-order valence-electron chi connectivity index (χ3n) is 10.6. The van der Waals surface area contributed by atoms with Gasteiger partial charge in [-0.3, -0.25) is 0 Å². The van der Waals surface area contributed by atoms with Crippen LogP contribution in [-0.4, -0.2) is 43.4 Å². The summed E-state index contributed by atoms with van der Waals surface area (Å²) in [5.41, 5.74) is 0.536. The van der Waals surface area contributed by atoms with Crippen LogP contribution in [0.3, 0.4) is 0 Å². The molecule has 1 aliphatic heterocycles. The molecule has 0 radical (unpaired) electrons. The Labute approximate surface area is 157 Å². The van der Waals surface area contributed by atoms with Gasteiger partial charge in [-0.15, -0.1) is 0 Å². The van der Waals surface area contributed by atoms with E-state index >= 15 is 0 Å². The molecule has 0 aromatic heterocycles. The van der Waals surface area contributed by atoms with Gasteiger partial charge in [0.2, 0.25) is 0 Å². The minimum absolute atomic E-state index is 0.0647. The highest BCUT2D eigenvalue weighted by Crippen LogP contribution is 2.82. The van der Waals surface area contributed by atoms with Crippen LogP contribution in [0.1, 0.15) is 58.8 Å². The molecule has 0 bridgehead atoms. The molecule has 146 valence electrons. The van der Waals surface area contributed by atoms with E-state index < -0.39 is 5.79 Å². The van der Waals surface area contributed by atoms with E-state index in [4.69, 9.17) is 14.2 Å². The lowest BCUT2D eigenvalue weighted by atomic mass is 9.45. The predicted molar refractivity (Wildman–Crippen MR) is 96.4 cm³/mol. The minimum Gasteiger partial charge on any atom is -0.393 e. The molecule has 9 unspecified atom stereocenters. The first-order valence-electron chi connectivity index (χ1n) is 10.9. The molecule has 1 N–H and O–H groups in total. The van der Waals surface area contributed by atoms with Crippen molar-refractivity contribution in [2.75, 3.05) is 20.3 Å². The highest BCUT2D eigenvalue weighted by molar-refractivity contribution is 5.27. The summed E-state index contributed by atoms with van der Waals surface area (Å²) >= 11 is 0. The summed E-state index contributed by atoms with van der Waals surface area (Å²) in [7, 11) is 1.92. The van der Waals surface area contributed by atoms with E-state index in [1.54, 1.807) is 0 Å². The number of methoxy groups -OCH3 is 1. The van der Waals surface area contributed by atoms with Gasteiger partial charge >= 0.3 is 0 Å². The SMILES string of the molecule is COC1CC2C3CCC4(OCCO4)C3(C)CC(O)C2C2(C)CCC3CC312.